The summed E-state index contributed by atoms with van der Waals surface area (Å²) in [6.45, 7) is 6.36. The van der Waals surface area contributed by atoms with Crippen LogP contribution in [-0.4, -0.2) is 47.5 Å². The summed E-state index contributed by atoms with van der Waals surface area (Å²) in [7, 11) is 1.34. The Hall–Kier alpha value is -0.500. The highest BCUT2D eigenvalue weighted by Crippen LogP contribution is 2.40. The molecule has 0 amide bonds. The number of alkyl halides is 6. The van der Waals surface area contributed by atoms with Gasteiger partial charge in [0.1, 0.15) is 0 Å². The molecule has 0 aromatic rings. The molecule has 1 aliphatic heterocycles. The van der Waals surface area contributed by atoms with Crippen LogP contribution in [0.3, 0.4) is 0 Å². The van der Waals surface area contributed by atoms with E-state index in [1.165, 1.54) is 11.9 Å². The molecule has 8 heteroatoms. The lowest BCUT2D eigenvalue weighted by Crippen LogP contribution is -2.75. The highest BCUT2D eigenvalue weighted by Gasteiger charge is 2.54. The predicted octanol–water partition coefficient (Wildman–Crippen LogP) is 3.72. The summed E-state index contributed by atoms with van der Waals surface area (Å²) < 4.78 is 76.4. The summed E-state index contributed by atoms with van der Waals surface area (Å²) in [5.41, 5.74) is -1.90. The van der Waals surface area contributed by atoms with Gasteiger partial charge < -0.3 is 5.32 Å². The van der Waals surface area contributed by atoms with Gasteiger partial charge in [0, 0.05) is 23.2 Å². The van der Waals surface area contributed by atoms with Crippen molar-refractivity contribution in [2.24, 2.45) is 0 Å². The molecule has 1 saturated heterocycles. The Labute approximate surface area is 120 Å². The maximum atomic E-state index is 12.7. The number of rotatable bonds is 2. The Morgan fingerprint density at radius 2 is 1.10 bits per heavy atom. The fraction of sp³-hybridized carbons (Fsp3) is 1.00. The first kappa shape index (κ1) is 18.5. The van der Waals surface area contributed by atoms with Gasteiger partial charge in [0.25, 0.3) is 0 Å². The van der Waals surface area contributed by atoms with E-state index in [0.717, 1.165) is 0 Å². The van der Waals surface area contributed by atoms with Gasteiger partial charge in [0.2, 0.25) is 0 Å². The average molecular weight is 320 g/mol. The van der Waals surface area contributed by atoms with Crippen molar-refractivity contribution in [3.63, 3.8) is 0 Å². The van der Waals surface area contributed by atoms with Crippen molar-refractivity contribution < 1.29 is 26.3 Å². The van der Waals surface area contributed by atoms with E-state index in [9.17, 15) is 26.3 Å². The molecule has 0 spiro atoms. The van der Waals surface area contributed by atoms with E-state index in [1.807, 2.05) is 0 Å². The Balaban J connectivity index is 3.10. The number of hydrogen-bond donors (Lipinski definition) is 1. The van der Waals surface area contributed by atoms with E-state index in [1.54, 1.807) is 27.7 Å². The van der Waals surface area contributed by atoms with Gasteiger partial charge in [0.05, 0.1) is 12.8 Å². The lowest BCUT2D eigenvalue weighted by Gasteiger charge is -2.58. The van der Waals surface area contributed by atoms with E-state index >= 15 is 0 Å². The molecule has 0 aliphatic carbocycles. The molecule has 1 heterocycles. The largest absolute Gasteiger partial charge is 0.390 e. The summed E-state index contributed by atoms with van der Waals surface area (Å²) in [6, 6.07) is -2.12. The third-order valence-corrected chi connectivity index (χ3v) is 4.14. The molecular weight excluding hydrogens is 298 g/mol. The van der Waals surface area contributed by atoms with Crippen LogP contribution < -0.4 is 5.32 Å². The molecule has 1 fully saturated rings. The predicted molar refractivity (Wildman–Crippen MR) is 68.0 cm³/mol. The third-order valence-electron chi connectivity index (χ3n) is 4.14. The number of piperazine rings is 1. The molecule has 2 unspecified atom stereocenters. The molecule has 2 atom stereocenters. The maximum Gasteiger partial charge on any atom is 0.390 e. The zero-order valence-electron chi connectivity index (χ0n) is 12.8. The van der Waals surface area contributed by atoms with E-state index in [4.69, 9.17) is 0 Å². The molecule has 1 aliphatic rings. The second-order valence-electron chi connectivity index (χ2n) is 6.90. The maximum absolute atomic E-state index is 12.7. The zero-order chi connectivity index (χ0) is 16.9. The van der Waals surface area contributed by atoms with E-state index in [0.29, 0.717) is 0 Å². The van der Waals surface area contributed by atoms with Gasteiger partial charge in [-0.1, -0.05) is 0 Å². The lowest BCUT2D eigenvalue weighted by atomic mass is 9.77. The normalized spacial score (nSPS) is 30.4. The number of nitrogens with zero attached hydrogens (tertiary/aromatic N) is 1. The molecule has 2 nitrogen and oxygen atoms in total. The summed E-state index contributed by atoms with van der Waals surface area (Å²) in [5, 5.41) is 2.97. The van der Waals surface area contributed by atoms with Crippen LogP contribution in [0.1, 0.15) is 40.5 Å². The first-order chi connectivity index (χ1) is 9.05. The van der Waals surface area contributed by atoms with Crippen molar-refractivity contribution in [1.82, 2.24) is 10.2 Å². The van der Waals surface area contributed by atoms with Gasteiger partial charge in [-0.2, -0.15) is 26.3 Å². The second-order valence-corrected chi connectivity index (χ2v) is 6.90. The van der Waals surface area contributed by atoms with Crippen molar-refractivity contribution >= 4 is 0 Å². The molecule has 126 valence electrons. The van der Waals surface area contributed by atoms with Crippen molar-refractivity contribution in [3.05, 3.63) is 0 Å². The van der Waals surface area contributed by atoms with Crippen LogP contribution in [0.4, 0.5) is 26.3 Å². The third kappa shape index (κ3) is 4.74. The molecule has 21 heavy (non-hydrogen) atoms. The monoisotopic (exact) mass is 320 g/mol. The molecular formula is C13H22F6N2. The van der Waals surface area contributed by atoms with Gasteiger partial charge in [-0.05, 0) is 34.7 Å². The quantitative estimate of drug-likeness (QED) is 0.780. The molecule has 0 aromatic carbocycles. The minimum atomic E-state index is -4.43. The smallest absolute Gasteiger partial charge is 0.304 e. The number of nitrogens with one attached hydrogen (secondary N) is 1. The Morgan fingerprint density at radius 1 is 0.810 bits per heavy atom. The highest BCUT2D eigenvalue weighted by atomic mass is 19.4. The molecule has 1 rings (SSSR count). The van der Waals surface area contributed by atoms with Crippen LogP contribution in [0.5, 0.6) is 0 Å². The van der Waals surface area contributed by atoms with Crippen LogP contribution in [0.25, 0.3) is 0 Å². The van der Waals surface area contributed by atoms with Crippen molar-refractivity contribution in [2.75, 3.05) is 7.05 Å². The molecule has 0 radical (unpaired) electrons. The number of halogens is 6. The summed E-state index contributed by atoms with van der Waals surface area (Å²) in [5.74, 6) is 0. The van der Waals surface area contributed by atoms with Crippen molar-refractivity contribution in [3.8, 4) is 0 Å². The first-order valence-electron chi connectivity index (χ1n) is 6.70. The zero-order valence-corrected chi connectivity index (χ0v) is 12.8. The van der Waals surface area contributed by atoms with E-state index in [2.05, 4.69) is 5.32 Å². The Kier molecular flexibility index (Phi) is 4.68. The topological polar surface area (TPSA) is 15.3 Å². The second kappa shape index (κ2) is 5.30. The van der Waals surface area contributed by atoms with Gasteiger partial charge in [-0.3, -0.25) is 4.90 Å². The number of likely N-dealkylation sites (N-methyl/N-ethyl adjacent to an activating group) is 1. The van der Waals surface area contributed by atoms with Crippen LogP contribution >= 0.6 is 0 Å². The molecule has 0 saturated carbocycles. The van der Waals surface area contributed by atoms with Gasteiger partial charge in [0.15, 0.2) is 0 Å². The minimum Gasteiger partial charge on any atom is -0.304 e. The van der Waals surface area contributed by atoms with Gasteiger partial charge in [-0.25, -0.2) is 0 Å². The molecule has 0 bridgehead atoms. The summed E-state index contributed by atoms with van der Waals surface area (Å²) in [4.78, 5) is 1.23. The van der Waals surface area contributed by atoms with E-state index < -0.39 is 48.4 Å². The minimum absolute atomic E-state index is 0.949. The van der Waals surface area contributed by atoms with Gasteiger partial charge >= 0.3 is 12.4 Å². The number of hydrogen-bond acceptors (Lipinski definition) is 2. The fourth-order valence-corrected chi connectivity index (χ4v) is 3.47. The van der Waals surface area contributed by atoms with Crippen LogP contribution in [-0.2, 0) is 0 Å². The summed E-state index contributed by atoms with van der Waals surface area (Å²) in [6.07, 6.45) is -11.1. The van der Waals surface area contributed by atoms with Crippen LogP contribution in [0.15, 0.2) is 0 Å². The summed E-state index contributed by atoms with van der Waals surface area (Å²) >= 11 is 0. The van der Waals surface area contributed by atoms with Crippen molar-refractivity contribution in [1.29, 1.82) is 0 Å². The van der Waals surface area contributed by atoms with Crippen LogP contribution in [0.2, 0.25) is 0 Å². The SMILES string of the molecule is CN1C(CC(F)(F)F)C(C)(C)NC(C)(C)C1CC(F)(F)F. The lowest BCUT2D eigenvalue weighted by molar-refractivity contribution is -0.184. The van der Waals surface area contributed by atoms with Crippen LogP contribution in [0, 0.1) is 0 Å². The first-order valence-corrected chi connectivity index (χ1v) is 6.70. The van der Waals surface area contributed by atoms with Crippen molar-refractivity contribution in [2.45, 2.75) is 76.1 Å². The molecule has 1 N–H and O–H groups in total. The standard InChI is InChI=1S/C13H22F6N2/c1-10(2)8(6-12(14,15)16)21(5)9(7-13(17,18)19)11(3,4)20-10/h8-9,20H,6-7H2,1-5H3. The molecule has 0 aromatic heterocycles. The average Bonchev–Trinajstić information content (AvgIpc) is 2.15. The Bertz CT molecular complexity index is 338. The fourth-order valence-electron chi connectivity index (χ4n) is 3.47. The highest BCUT2D eigenvalue weighted by molar-refractivity contribution is 5.09. The Morgan fingerprint density at radius 3 is 1.33 bits per heavy atom. The van der Waals surface area contributed by atoms with E-state index in [-0.39, 0.29) is 0 Å². The van der Waals surface area contributed by atoms with Gasteiger partial charge in [-0.15, -0.1) is 0 Å².